The molecule has 4 rings (SSSR count). The van der Waals surface area contributed by atoms with Gasteiger partial charge in [-0.3, -0.25) is 9.50 Å². The number of imidazole rings is 1. The van der Waals surface area contributed by atoms with Gasteiger partial charge in [-0.1, -0.05) is 30.3 Å². The second-order valence-electron chi connectivity index (χ2n) is 4.75. The number of halogens is 1. The third-order valence-electron chi connectivity index (χ3n) is 3.43. The van der Waals surface area contributed by atoms with Crippen molar-refractivity contribution in [2.24, 2.45) is 0 Å². The normalized spacial score (nSPS) is 11.1. The van der Waals surface area contributed by atoms with E-state index < -0.39 is 0 Å². The van der Waals surface area contributed by atoms with Gasteiger partial charge in [-0.25, -0.2) is 4.98 Å². The summed E-state index contributed by atoms with van der Waals surface area (Å²) in [5.41, 5.74) is 4.30. The first-order valence-electron chi connectivity index (χ1n) is 6.55. The van der Waals surface area contributed by atoms with Crippen LogP contribution in [0, 0.1) is 5.95 Å². The van der Waals surface area contributed by atoms with E-state index in [1.165, 1.54) is 10.5 Å². The molecule has 0 saturated carbocycles. The van der Waals surface area contributed by atoms with Gasteiger partial charge in [0.25, 0.3) is 0 Å². The Bertz CT molecular complexity index is 892. The average molecular weight is 278 g/mol. The molecule has 0 atom stereocenters. The van der Waals surface area contributed by atoms with Crippen LogP contribution < -0.4 is 0 Å². The Morgan fingerprint density at radius 3 is 2.48 bits per heavy atom. The molecular formula is C16H11FN4. The summed E-state index contributed by atoms with van der Waals surface area (Å²) in [6.45, 7) is 0. The van der Waals surface area contributed by atoms with E-state index in [4.69, 9.17) is 0 Å². The van der Waals surface area contributed by atoms with Crippen LogP contribution in [0.2, 0.25) is 0 Å². The highest BCUT2D eigenvalue weighted by Crippen LogP contribution is 2.23. The molecule has 5 heteroatoms. The molecule has 1 N–H and O–H groups in total. The van der Waals surface area contributed by atoms with Crippen molar-refractivity contribution in [2.45, 2.75) is 0 Å². The van der Waals surface area contributed by atoms with Crippen molar-refractivity contribution in [1.82, 2.24) is 19.6 Å². The standard InChI is InChI=1S/C16H11FN4/c17-15-2-1-3-16-19-14(10-21(15)16)12-6-4-11(5-7-12)13-8-9-18-20-13/h1-10H,(H,18,20). The molecule has 0 fully saturated rings. The minimum absolute atomic E-state index is 0.319. The number of rotatable bonds is 2. The second kappa shape index (κ2) is 4.56. The lowest BCUT2D eigenvalue weighted by Gasteiger charge is -1.99. The van der Waals surface area contributed by atoms with Crippen molar-refractivity contribution in [2.75, 3.05) is 0 Å². The Kier molecular flexibility index (Phi) is 2.57. The zero-order valence-corrected chi connectivity index (χ0v) is 11.0. The largest absolute Gasteiger partial charge is 0.278 e. The van der Waals surface area contributed by atoms with E-state index >= 15 is 0 Å². The number of nitrogens with zero attached hydrogens (tertiary/aromatic N) is 3. The molecule has 0 aliphatic rings. The molecule has 0 spiro atoms. The van der Waals surface area contributed by atoms with Crippen LogP contribution in [0.1, 0.15) is 0 Å². The molecule has 0 unspecified atom stereocenters. The lowest BCUT2D eigenvalue weighted by molar-refractivity contribution is 0.568. The van der Waals surface area contributed by atoms with Gasteiger partial charge >= 0.3 is 0 Å². The van der Waals surface area contributed by atoms with Crippen LogP contribution in [0.4, 0.5) is 4.39 Å². The summed E-state index contributed by atoms with van der Waals surface area (Å²) in [7, 11) is 0. The molecule has 4 nitrogen and oxygen atoms in total. The summed E-state index contributed by atoms with van der Waals surface area (Å²) in [5.74, 6) is -0.319. The maximum atomic E-state index is 13.7. The third kappa shape index (κ3) is 1.99. The fourth-order valence-corrected chi connectivity index (χ4v) is 2.35. The van der Waals surface area contributed by atoms with E-state index in [-0.39, 0.29) is 5.95 Å². The lowest BCUT2D eigenvalue weighted by Crippen LogP contribution is -1.88. The molecule has 0 saturated heterocycles. The first-order chi connectivity index (χ1) is 10.3. The number of fused-ring (bicyclic) bond motifs is 1. The van der Waals surface area contributed by atoms with Crippen molar-refractivity contribution in [1.29, 1.82) is 0 Å². The number of aromatic nitrogens is 4. The van der Waals surface area contributed by atoms with Crippen LogP contribution in [0.3, 0.4) is 0 Å². The van der Waals surface area contributed by atoms with Crippen LogP contribution >= 0.6 is 0 Å². The Hall–Kier alpha value is -2.95. The molecule has 1 aromatic carbocycles. The van der Waals surface area contributed by atoms with Gasteiger partial charge in [-0.15, -0.1) is 0 Å². The highest BCUT2D eigenvalue weighted by atomic mass is 19.1. The molecule has 0 aliphatic heterocycles. The molecule has 0 amide bonds. The number of hydrogen-bond donors (Lipinski definition) is 1. The van der Waals surface area contributed by atoms with Crippen LogP contribution in [-0.4, -0.2) is 19.6 Å². The highest BCUT2D eigenvalue weighted by molar-refractivity contribution is 5.67. The monoisotopic (exact) mass is 278 g/mol. The third-order valence-corrected chi connectivity index (χ3v) is 3.43. The number of aromatic amines is 1. The van der Waals surface area contributed by atoms with Crippen LogP contribution in [0.25, 0.3) is 28.2 Å². The first kappa shape index (κ1) is 11.8. The first-order valence-corrected chi connectivity index (χ1v) is 6.55. The van der Waals surface area contributed by atoms with Gasteiger partial charge in [0.05, 0.1) is 11.4 Å². The van der Waals surface area contributed by atoms with Crippen molar-refractivity contribution in [3.8, 4) is 22.5 Å². The molecular weight excluding hydrogens is 267 g/mol. The van der Waals surface area contributed by atoms with E-state index in [2.05, 4.69) is 15.2 Å². The fourth-order valence-electron chi connectivity index (χ4n) is 2.35. The fraction of sp³-hybridized carbons (Fsp3) is 0. The van der Waals surface area contributed by atoms with Gasteiger partial charge < -0.3 is 0 Å². The maximum Gasteiger partial charge on any atom is 0.199 e. The summed E-state index contributed by atoms with van der Waals surface area (Å²) in [6.07, 6.45) is 3.42. The summed E-state index contributed by atoms with van der Waals surface area (Å²) in [6, 6.07) is 14.7. The Balaban J connectivity index is 1.76. The van der Waals surface area contributed by atoms with Gasteiger partial charge in [-0.2, -0.15) is 9.49 Å². The number of H-pyrrole nitrogens is 1. The topological polar surface area (TPSA) is 46.0 Å². The smallest absolute Gasteiger partial charge is 0.199 e. The Morgan fingerprint density at radius 2 is 1.76 bits per heavy atom. The minimum atomic E-state index is -0.319. The molecule has 21 heavy (non-hydrogen) atoms. The van der Waals surface area contributed by atoms with Crippen LogP contribution in [-0.2, 0) is 0 Å². The highest BCUT2D eigenvalue weighted by Gasteiger charge is 2.07. The van der Waals surface area contributed by atoms with Gasteiger partial charge in [0, 0.05) is 18.0 Å². The lowest BCUT2D eigenvalue weighted by atomic mass is 10.1. The van der Waals surface area contributed by atoms with Gasteiger partial charge in [0.1, 0.15) is 5.65 Å². The van der Waals surface area contributed by atoms with E-state index in [1.54, 1.807) is 24.5 Å². The van der Waals surface area contributed by atoms with Gasteiger partial charge in [-0.05, 0) is 23.8 Å². The van der Waals surface area contributed by atoms with Crippen molar-refractivity contribution >= 4 is 5.65 Å². The molecule has 4 aromatic rings. The number of nitrogens with one attached hydrogen (secondary N) is 1. The molecule has 3 heterocycles. The second-order valence-corrected chi connectivity index (χ2v) is 4.75. The van der Waals surface area contributed by atoms with Gasteiger partial charge in [0.2, 0.25) is 0 Å². The predicted molar refractivity (Wildman–Crippen MR) is 78.2 cm³/mol. The minimum Gasteiger partial charge on any atom is -0.278 e. The SMILES string of the molecule is Fc1cccc2nc(-c3ccc(-c4ccn[nH]4)cc3)cn12. The molecule has 0 aliphatic carbocycles. The zero-order valence-electron chi connectivity index (χ0n) is 11.0. The van der Waals surface area contributed by atoms with Crippen molar-refractivity contribution < 1.29 is 4.39 Å². The summed E-state index contributed by atoms with van der Waals surface area (Å²) < 4.78 is 15.1. The molecule has 102 valence electrons. The maximum absolute atomic E-state index is 13.7. The average Bonchev–Trinajstić information content (AvgIpc) is 3.18. The summed E-state index contributed by atoms with van der Waals surface area (Å²) in [5, 5.41) is 6.86. The zero-order chi connectivity index (χ0) is 14.2. The van der Waals surface area contributed by atoms with Crippen molar-refractivity contribution in [3.05, 3.63) is 66.9 Å². The number of hydrogen-bond acceptors (Lipinski definition) is 2. The molecule has 0 bridgehead atoms. The summed E-state index contributed by atoms with van der Waals surface area (Å²) >= 11 is 0. The summed E-state index contributed by atoms with van der Waals surface area (Å²) in [4.78, 5) is 4.44. The molecule has 0 radical (unpaired) electrons. The van der Waals surface area contributed by atoms with E-state index in [1.807, 2.05) is 30.3 Å². The Labute approximate surface area is 119 Å². The van der Waals surface area contributed by atoms with E-state index in [0.29, 0.717) is 5.65 Å². The van der Waals surface area contributed by atoms with Crippen LogP contribution in [0.15, 0.2) is 60.9 Å². The van der Waals surface area contributed by atoms with Crippen LogP contribution in [0.5, 0.6) is 0 Å². The predicted octanol–water partition coefficient (Wildman–Crippen LogP) is 3.53. The van der Waals surface area contributed by atoms with E-state index in [9.17, 15) is 4.39 Å². The van der Waals surface area contributed by atoms with E-state index in [0.717, 1.165) is 22.5 Å². The Morgan fingerprint density at radius 1 is 0.952 bits per heavy atom. The number of pyridine rings is 1. The van der Waals surface area contributed by atoms with Crippen molar-refractivity contribution in [3.63, 3.8) is 0 Å². The number of benzene rings is 1. The molecule has 3 aromatic heterocycles. The van der Waals surface area contributed by atoms with Gasteiger partial charge in [0.15, 0.2) is 5.95 Å². The quantitative estimate of drug-likeness (QED) is 0.570.